The van der Waals surface area contributed by atoms with Crippen molar-refractivity contribution < 1.29 is 4.74 Å². The average molecular weight is 235 g/mol. The molecular formula is C13H21N3O. The van der Waals surface area contributed by atoms with Gasteiger partial charge in [-0.1, -0.05) is 0 Å². The third kappa shape index (κ3) is 3.60. The lowest BCUT2D eigenvalue weighted by molar-refractivity contribution is 0.0649. The molecule has 0 unspecified atom stereocenters. The minimum Gasteiger partial charge on any atom is -0.397 e. The molecule has 0 aromatic carbocycles. The van der Waals surface area contributed by atoms with Gasteiger partial charge in [0.1, 0.15) is 5.82 Å². The van der Waals surface area contributed by atoms with E-state index in [0.29, 0.717) is 0 Å². The molecule has 1 fully saturated rings. The van der Waals surface area contributed by atoms with Gasteiger partial charge in [0.05, 0.1) is 11.4 Å². The van der Waals surface area contributed by atoms with Crippen molar-refractivity contribution in [2.75, 3.05) is 30.8 Å². The van der Waals surface area contributed by atoms with Gasteiger partial charge >= 0.3 is 0 Å². The van der Waals surface area contributed by atoms with Gasteiger partial charge in [0.2, 0.25) is 0 Å². The summed E-state index contributed by atoms with van der Waals surface area (Å²) < 4.78 is 5.35. The van der Waals surface area contributed by atoms with Crippen molar-refractivity contribution in [1.82, 2.24) is 4.98 Å². The van der Waals surface area contributed by atoms with E-state index in [0.717, 1.165) is 42.9 Å². The Hall–Kier alpha value is -1.29. The number of rotatable bonds is 4. The van der Waals surface area contributed by atoms with Gasteiger partial charge in [0.15, 0.2) is 0 Å². The van der Waals surface area contributed by atoms with E-state index in [2.05, 4.69) is 10.3 Å². The second-order valence-corrected chi connectivity index (χ2v) is 4.64. The lowest BCUT2D eigenvalue weighted by Gasteiger charge is -2.22. The molecule has 0 radical (unpaired) electrons. The van der Waals surface area contributed by atoms with Crippen LogP contribution in [0.1, 0.15) is 25.0 Å². The average Bonchev–Trinajstić information content (AvgIpc) is 2.35. The maximum atomic E-state index is 5.73. The van der Waals surface area contributed by atoms with Crippen molar-refractivity contribution in [2.45, 2.75) is 26.2 Å². The fourth-order valence-electron chi connectivity index (χ4n) is 2.11. The highest BCUT2D eigenvalue weighted by molar-refractivity contribution is 5.48. The van der Waals surface area contributed by atoms with E-state index < -0.39 is 0 Å². The van der Waals surface area contributed by atoms with Crippen LogP contribution in [0, 0.1) is 12.8 Å². The van der Waals surface area contributed by atoms with Gasteiger partial charge in [-0.25, -0.2) is 4.98 Å². The summed E-state index contributed by atoms with van der Waals surface area (Å²) in [6, 6.07) is 3.84. The number of ether oxygens (including phenoxy) is 1. The molecule has 94 valence electrons. The van der Waals surface area contributed by atoms with Crippen LogP contribution in [-0.4, -0.2) is 24.7 Å². The number of aromatic nitrogens is 1. The molecular weight excluding hydrogens is 214 g/mol. The molecule has 4 nitrogen and oxygen atoms in total. The first-order chi connectivity index (χ1) is 8.25. The van der Waals surface area contributed by atoms with Gasteiger partial charge in [-0.3, -0.25) is 0 Å². The zero-order valence-corrected chi connectivity index (χ0v) is 10.4. The standard InChI is InChI=1S/C13H21N3O/c1-10-12(14)2-3-13(16-10)15-7-4-11-5-8-17-9-6-11/h2-3,11H,4-9,14H2,1H3,(H,15,16). The molecule has 4 heteroatoms. The lowest BCUT2D eigenvalue weighted by atomic mass is 9.97. The third-order valence-electron chi connectivity index (χ3n) is 3.33. The molecule has 0 bridgehead atoms. The summed E-state index contributed by atoms with van der Waals surface area (Å²) in [5, 5.41) is 3.35. The van der Waals surface area contributed by atoms with E-state index in [9.17, 15) is 0 Å². The highest BCUT2D eigenvalue weighted by atomic mass is 16.5. The van der Waals surface area contributed by atoms with Gasteiger partial charge < -0.3 is 15.8 Å². The topological polar surface area (TPSA) is 60.2 Å². The second kappa shape index (κ2) is 5.87. The second-order valence-electron chi connectivity index (χ2n) is 4.64. The number of nitrogens with one attached hydrogen (secondary N) is 1. The number of hydrogen-bond donors (Lipinski definition) is 2. The van der Waals surface area contributed by atoms with Crippen molar-refractivity contribution in [3.05, 3.63) is 17.8 Å². The first kappa shape index (κ1) is 12.2. The number of pyridine rings is 1. The van der Waals surface area contributed by atoms with Crippen molar-refractivity contribution in [3.63, 3.8) is 0 Å². The summed E-state index contributed by atoms with van der Waals surface area (Å²) in [4.78, 5) is 4.39. The number of nitrogens with two attached hydrogens (primary N) is 1. The van der Waals surface area contributed by atoms with E-state index in [1.54, 1.807) is 0 Å². The van der Waals surface area contributed by atoms with Crippen molar-refractivity contribution in [3.8, 4) is 0 Å². The third-order valence-corrected chi connectivity index (χ3v) is 3.33. The van der Waals surface area contributed by atoms with Crippen LogP contribution in [0.4, 0.5) is 11.5 Å². The molecule has 0 aliphatic carbocycles. The summed E-state index contributed by atoms with van der Waals surface area (Å²) in [6.07, 6.45) is 3.57. The Labute approximate surface area is 103 Å². The zero-order chi connectivity index (χ0) is 12.1. The summed E-state index contributed by atoms with van der Waals surface area (Å²) in [5.41, 5.74) is 7.37. The van der Waals surface area contributed by atoms with Gasteiger partial charge in [-0.15, -0.1) is 0 Å². The minimum atomic E-state index is 0.750. The largest absolute Gasteiger partial charge is 0.397 e. The van der Waals surface area contributed by atoms with E-state index in [-0.39, 0.29) is 0 Å². The van der Waals surface area contributed by atoms with Crippen LogP contribution in [0.3, 0.4) is 0 Å². The number of nitrogen functional groups attached to an aromatic ring is 1. The normalized spacial score (nSPS) is 17.0. The van der Waals surface area contributed by atoms with Crippen molar-refractivity contribution in [2.24, 2.45) is 5.92 Å². The molecule has 1 aromatic heterocycles. The van der Waals surface area contributed by atoms with E-state index >= 15 is 0 Å². The highest BCUT2D eigenvalue weighted by Gasteiger charge is 2.12. The Bertz CT molecular complexity index is 362. The molecule has 0 atom stereocenters. The van der Waals surface area contributed by atoms with E-state index in [1.807, 2.05) is 19.1 Å². The van der Waals surface area contributed by atoms with Crippen LogP contribution in [0.2, 0.25) is 0 Å². The Balaban J connectivity index is 1.75. The Morgan fingerprint density at radius 3 is 2.88 bits per heavy atom. The maximum absolute atomic E-state index is 5.73. The van der Waals surface area contributed by atoms with Crippen molar-refractivity contribution in [1.29, 1.82) is 0 Å². The molecule has 0 spiro atoms. The Morgan fingerprint density at radius 1 is 1.41 bits per heavy atom. The van der Waals surface area contributed by atoms with Crippen LogP contribution in [0.25, 0.3) is 0 Å². The Kier molecular flexibility index (Phi) is 4.20. The smallest absolute Gasteiger partial charge is 0.126 e. The van der Waals surface area contributed by atoms with Gasteiger partial charge in [-0.05, 0) is 44.2 Å². The molecule has 3 N–H and O–H groups in total. The van der Waals surface area contributed by atoms with Crippen LogP contribution < -0.4 is 11.1 Å². The van der Waals surface area contributed by atoms with Crippen LogP contribution in [0.5, 0.6) is 0 Å². The number of aryl methyl sites for hydroxylation is 1. The predicted molar refractivity (Wildman–Crippen MR) is 70.0 cm³/mol. The van der Waals surface area contributed by atoms with Crippen LogP contribution >= 0.6 is 0 Å². The fourth-order valence-corrected chi connectivity index (χ4v) is 2.11. The first-order valence-electron chi connectivity index (χ1n) is 6.30. The Morgan fingerprint density at radius 2 is 2.18 bits per heavy atom. The number of hydrogen-bond acceptors (Lipinski definition) is 4. The summed E-state index contributed by atoms with van der Waals surface area (Å²) in [5.74, 6) is 1.72. The van der Waals surface area contributed by atoms with E-state index in [4.69, 9.17) is 10.5 Å². The molecule has 2 rings (SSSR count). The number of anilines is 2. The molecule has 17 heavy (non-hydrogen) atoms. The maximum Gasteiger partial charge on any atom is 0.126 e. The summed E-state index contributed by atoms with van der Waals surface area (Å²) >= 11 is 0. The van der Waals surface area contributed by atoms with E-state index in [1.165, 1.54) is 19.3 Å². The van der Waals surface area contributed by atoms with Gasteiger partial charge in [0, 0.05) is 19.8 Å². The van der Waals surface area contributed by atoms with Crippen LogP contribution in [0.15, 0.2) is 12.1 Å². The quantitative estimate of drug-likeness (QED) is 0.840. The summed E-state index contributed by atoms with van der Waals surface area (Å²) in [7, 11) is 0. The zero-order valence-electron chi connectivity index (χ0n) is 10.4. The molecule has 0 amide bonds. The predicted octanol–water partition coefficient (Wildman–Crippen LogP) is 2.20. The molecule has 1 aliphatic heterocycles. The molecule has 1 aromatic rings. The van der Waals surface area contributed by atoms with Crippen molar-refractivity contribution >= 4 is 11.5 Å². The van der Waals surface area contributed by atoms with Gasteiger partial charge in [-0.2, -0.15) is 0 Å². The molecule has 1 saturated heterocycles. The molecule has 1 aliphatic rings. The van der Waals surface area contributed by atoms with Gasteiger partial charge in [0.25, 0.3) is 0 Å². The highest BCUT2D eigenvalue weighted by Crippen LogP contribution is 2.18. The fraction of sp³-hybridized carbons (Fsp3) is 0.615. The SMILES string of the molecule is Cc1nc(NCCC2CCOCC2)ccc1N. The molecule has 0 saturated carbocycles. The van der Waals surface area contributed by atoms with Crippen LogP contribution in [-0.2, 0) is 4.74 Å². The first-order valence-corrected chi connectivity index (χ1v) is 6.30. The minimum absolute atomic E-state index is 0.750. The monoisotopic (exact) mass is 235 g/mol. The summed E-state index contributed by atoms with van der Waals surface area (Å²) in [6.45, 7) is 4.74. The number of nitrogens with zero attached hydrogens (tertiary/aromatic N) is 1. The molecule has 2 heterocycles. The lowest BCUT2D eigenvalue weighted by Crippen LogP contribution is -2.18.